The molecule has 19 heavy (non-hydrogen) atoms. The minimum atomic E-state index is 0.168. The van der Waals surface area contributed by atoms with Crippen molar-refractivity contribution in [1.82, 2.24) is 13.9 Å². The van der Waals surface area contributed by atoms with E-state index in [1.54, 1.807) is 24.2 Å². The number of aromatic nitrogens is 3. The average Bonchev–Trinajstić information content (AvgIpc) is 2.87. The van der Waals surface area contributed by atoms with E-state index >= 15 is 0 Å². The fourth-order valence-corrected chi connectivity index (χ4v) is 3.17. The van der Waals surface area contributed by atoms with Crippen LogP contribution in [0.4, 0.5) is 3.89 Å². The van der Waals surface area contributed by atoms with E-state index in [4.69, 9.17) is 0 Å². The molecule has 6 heteroatoms. The van der Waals surface area contributed by atoms with Gasteiger partial charge in [0.2, 0.25) is 0 Å². The predicted molar refractivity (Wildman–Crippen MR) is 79.8 cm³/mol. The summed E-state index contributed by atoms with van der Waals surface area (Å²) >= 11 is 1.85. The van der Waals surface area contributed by atoms with Crippen LogP contribution in [0.2, 0.25) is 0 Å². The van der Waals surface area contributed by atoms with Gasteiger partial charge in [-0.2, -0.15) is 0 Å². The monoisotopic (exact) mass is 297 g/mol. The summed E-state index contributed by atoms with van der Waals surface area (Å²) in [5.74, 6) is 1.01. The van der Waals surface area contributed by atoms with Gasteiger partial charge in [0, 0.05) is 18.0 Å². The van der Waals surface area contributed by atoms with E-state index in [0.29, 0.717) is 0 Å². The Balaban J connectivity index is 2.18. The maximum Gasteiger partial charge on any atom is 0.171 e. The van der Waals surface area contributed by atoms with Crippen molar-refractivity contribution in [1.29, 1.82) is 0 Å². The van der Waals surface area contributed by atoms with E-state index in [-0.39, 0.29) is 12.3 Å². The molecule has 2 aromatic rings. The fourth-order valence-electron chi connectivity index (χ4n) is 1.75. The Labute approximate surface area is 121 Å². The molecule has 2 heterocycles. The van der Waals surface area contributed by atoms with Crippen molar-refractivity contribution in [3.63, 3.8) is 0 Å². The third-order valence-corrected chi connectivity index (χ3v) is 4.19. The highest BCUT2D eigenvalue weighted by molar-refractivity contribution is 7.99. The Morgan fingerprint density at radius 1 is 1.37 bits per heavy atom. The molecule has 0 saturated carbocycles. The average molecular weight is 297 g/mol. The maximum atomic E-state index is 12.9. The first-order valence-corrected chi connectivity index (χ1v) is 7.92. The van der Waals surface area contributed by atoms with Gasteiger partial charge in [-0.1, -0.05) is 19.8 Å². The van der Waals surface area contributed by atoms with E-state index in [9.17, 15) is 3.89 Å². The van der Waals surface area contributed by atoms with Crippen LogP contribution in [0, 0.1) is 0 Å². The van der Waals surface area contributed by atoms with Gasteiger partial charge in [0.05, 0.1) is 5.69 Å². The summed E-state index contributed by atoms with van der Waals surface area (Å²) in [5, 5.41) is 0.870. The van der Waals surface area contributed by atoms with Gasteiger partial charge >= 0.3 is 0 Å². The van der Waals surface area contributed by atoms with Crippen LogP contribution in [-0.4, -0.2) is 19.7 Å². The molecule has 0 spiro atoms. The highest BCUT2D eigenvalue weighted by atomic mass is 32.2. The number of hydrogen-bond donors (Lipinski definition) is 0. The molecule has 3 nitrogen and oxygen atoms in total. The van der Waals surface area contributed by atoms with Gasteiger partial charge in [0.25, 0.3) is 0 Å². The zero-order chi connectivity index (χ0) is 13.5. The van der Waals surface area contributed by atoms with Crippen molar-refractivity contribution < 1.29 is 3.89 Å². The summed E-state index contributed by atoms with van der Waals surface area (Å²) in [4.78, 5) is 8.38. The molecule has 0 unspecified atom stereocenters. The summed E-state index contributed by atoms with van der Waals surface area (Å²) in [5.41, 5.74) is 1.69. The first kappa shape index (κ1) is 14.4. The number of thioether (sulfide) groups is 1. The van der Waals surface area contributed by atoms with E-state index < -0.39 is 0 Å². The first-order chi connectivity index (χ1) is 9.36. The summed E-state index contributed by atoms with van der Waals surface area (Å²) in [6, 6.07) is 3.77. The minimum Gasteiger partial charge on any atom is -0.264 e. The molecule has 0 aromatic carbocycles. The SMILES string of the molecule is CCCCCSc1ncn(SF)c1-c1cccnc1. The molecule has 0 aliphatic heterocycles. The van der Waals surface area contributed by atoms with Crippen molar-refractivity contribution in [3.8, 4) is 11.3 Å². The van der Waals surface area contributed by atoms with Gasteiger partial charge in [-0.05, 0) is 24.3 Å². The van der Waals surface area contributed by atoms with Gasteiger partial charge in [-0.3, -0.25) is 4.98 Å². The minimum absolute atomic E-state index is 0.168. The van der Waals surface area contributed by atoms with E-state index in [1.807, 2.05) is 12.1 Å². The molecule has 0 aliphatic rings. The second kappa shape index (κ2) is 7.55. The third-order valence-electron chi connectivity index (χ3n) is 2.70. The molecule has 0 N–H and O–H groups in total. The molecule has 0 amide bonds. The maximum absolute atomic E-state index is 12.9. The smallest absolute Gasteiger partial charge is 0.171 e. The molecule has 2 aromatic heterocycles. The van der Waals surface area contributed by atoms with Crippen molar-refractivity contribution in [2.75, 3.05) is 5.75 Å². The molecule has 102 valence electrons. The van der Waals surface area contributed by atoms with Crippen LogP contribution >= 0.6 is 24.1 Å². The van der Waals surface area contributed by atoms with Crippen LogP contribution in [-0.2, 0) is 0 Å². The topological polar surface area (TPSA) is 30.7 Å². The zero-order valence-corrected chi connectivity index (χ0v) is 12.4. The Bertz CT molecular complexity index is 502. The Hall–Kier alpha value is -1.01. The van der Waals surface area contributed by atoms with Gasteiger partial charge < -0.3 is 0 Å². The van der Waals surface area contributed by atoms with E-state index in [1.165, 1.54) is 23.1 Å². The van der Waals surface area contributed by atoms with Crippen molar-refractivity contribution in [2.45, 2.75) is 31.2 Å². The van der Waals surface area contributed by atoms with Crippen LogP contribution in [0.1, 0.15) is 26.2 Å². The predicted octanol–water partition coefficient (Wildman–Crippen LogP) is 4.61. The number of pyridine rings is 1. The normalized spacial score (nSPS) is 10.8. The van der Waals surface area contributed by atoms with Crippen LogP contribution in [0.25, 0.3) is 11.3 Å². The molecule has 0 aliphatic carbocycles. The summed E-state index contributed by atoms with van der Waals surface area (Å²) in [7, 11) is 0. The number of nitrogens with zero attached hydrogens (tertiary/aromatic N) is 3. The van der Waals surface area contributed by atoms with Gasteiger partial charge in [0.1, 0.15) is 11.4 Å². The molecule has 2 rings (SSSR count). The lowest BCUT2D eigenvalue weighted by Crippen LogP contribution is -1.89. The largest absolute Gasteiger partial charge is 0.264 e. The van der Waals surface area contributed by atoms with Crippen molar-refractivity contribution >= 4 is 24.1 Å². The molecule has 0 bridgehead atoms. The van der Waals surface area contributed by atoms with Gasteiger partial charge in [-0.15, -0.1) is 15.6 Å². The molecule has 0 fully saturated rings. The Kier molecular flexibility index (Phi) is 5.72. The number of unbranched alkanes of at least 4 members (excludes halogenated alkanes) is 2. The standard InChI is InChI=1S/C13H16FN3S2/c1-2-3-4-8-18-13-12(17(19-14)10-16-13)11-6-5-7-15-9-11/h5-7,9-10H,2-4,8H2,1H3. The first-order valence-electron chi connectivity index (χ1n) is 6.26. The third kappa shape index (κ3) is 3.73. The second-order valence-corrected chi connectivity index (χ2v) is 5.71. The highest BCUT2D eigenvalue weighted by Crippen LogP contribution is 2.33. The quantitative estimate of drug-likeness (QED) is 0.551. The molecule has 0 saturated heterocycles. The molecular formula is C13H16FN3S2. The summed E-state index contributed by atoms with van der Waals surface area (Å²) in [6.45, 7) is 2.18. The molecule has 0 atom stereocenters. The summed E-state index contributed by atoms with van der Waals surface area (Å²) < 4.78 is 14.4. The highest BCUT2D eigenvalue weighted by Gasteiger charge is 2.14. The van der Waals surface area contributed by atoms with Gasteiger partial charge in [0.15, 0.2) is 12.3 Å². The number of halogens is 1. The number of imidazole rings is 1. The van der Waals surface area contributed by atoms with Gasteiger partial charge in [-0.25, -0.2) is 8.96 Å². The molecular weight excluding hydrogens is 281 g/mol. The van der Waals surface area contributed by atoms with E-state index in [0.717, 1.165) is 28.5 Å². The number of rotatable bonds is 7. The Morgan fingerprint density at radius 3 is 2.95 bits per heavy atom. The lowest BCUT2D eigenvalue weighted by Gasteiger charge is -2.05. The summed E-state index contributed by atoms with van der Waals surface area (Å²) in [6.07, 6.45) is 8.54. The number of hydrogen-bond acceptors (Lipinski definition) is 4. The fraction of sp³-hybridized carbons (Fsp3) is 0.385. The van der Waals surface area contributed by atoms with Crippen molar-refractivity contribution in [2.24, 2.45) is 0 Å². The lowest BCUT2D eigenvalue weighted by atomic mass is 10.2. The second-order valence-electron chi connectivity index (χ2n) is 4.09. The lowest BCUT2D eigenvalue weighted by molar-refractivity contribution is 0.778. The van der Waals surface area contributed by atoms with Crippen LogP contribution in [0.5, 0.6) is 0 Å². The zero-order valence-electron chi connectivity index (χ0n) is 10.8. The molecule has 0 radical (unpaired) electrons. The Morgan fingerprint density at radius 2 is 2.26 bits per heavy atom. The van der Waals surface area contributed by atoms with Crippen LogP contribution in [0.15, 0.2) is 35.9 Å². The van der Waals surface area contributed by atoms with E-state index in [2.05, 4.69) is 16.9 Å². The van der Waals surface area contributed by atoms with Crippen molar-refractivity contribution in [3.05, 3.63) is 30.9 Å². The van der Waals surface area contributed by atoms with Crippen LogP contribution in [0.3, 0.4) is 0 Å². The van der Waals surface area contributed by atoms with Crippen LogP contribution < -0.4 is 0 Å².